The Morgan fingerprint density at radius 2 is 1.85 bits per heavy atom. The van der Waals surface area contributed by atoms with Gasteiger partial charge < -0.3 is 14.6 Å². The molecule has 0 atom stereocenters. The molecular weight excluding hydrogens is 426 g/mol. The van der Waals surface area contributed by atoms with Crippen molar-refractivity contribution >= 4 is 37.6 Å². The summed E-state index contributed by atoms with van der Waals surface area (Å²) in [7, 11) is -2.63. The van der Waals surface area contributed by atoms with Crippen molar-refractivity contribution < 1.29 is 27.8 Å². The van der Waals surface area contributed by atoms with Crippen LogP contribution in [0.4, 0.5) is 5.69 Å². The Balaban J connectivity index is 2.47. The van der Waals surface area contributed by atoms with Crippen LogP contribution in [0, 0.1) is 0 Å². The number of rotatable bonds is 8. The number of sulfonamides is 1. The molecule has 0 saturated heterocycles. The minimum Gasteiger partial charge on any atom is -0.496 e. The fraction of sp³-hybridized carbons (Fsp3) is 0.235. The molecule has 0 saturated carbocycles. The molecule has 0 aliphatic carbocycles. The van der Waals surface area contributed by atoms with E-state index in [2.05, 4.69) is 15.9 Å². The number of halogens is 1. The van der Waals surface area contributed by atoms with E-state index in [0.717, 1.165) is 4.31 Å². The maximum atomic E-state index is 13.0. The van der Waals surface area contributed by atoms with Crippen molar-refractivity contribution in [1.82, 2.24) is 0 Å². The van der Waals surface area contributed by atoms with Gasteiger partial charge in [-0.3, -0.25) is 9.10 Å². The third-order valence-electron chi connectivity index (χ3n) is 3.43. The molecule has 0 radical (unpaired) electrons. The standard InChI is InChI=1S/C17H18BrNO6S/c1-3-25-13-6-4-12(5-7-13)19(11-17(20)21)26(22,23)14-8-9-16(24-2)15(18)10-14/h4-10H,3,11H2,1-2H3,(H,20,21). The zero-order chi connectivity index (χ0) is 19.3. The number of methoxy groups -OCH3 is 1. The molecule has 0 bridgehead atoms. The second kappa shape index (κ2) is 8.41. The van der Waals surface area contributed by atoms with Gasteiger partial charge in [0, 0.05) is 0 Å². The highest BCUT2D eigenvalue weighted by molar-refractivity contribution is 9.10. The zero-order valence-electron chi connectivity index (χ0n) is 14.2. The number of hydrogen-bond donors (Lipinski definition) is 1. The Hall–Kier alpha value is -2.26. The molecule has 0 aromatic heterocycles. The predicted octanol–water partition coefficient (Wildman–Crippen LogP) is 3.14. The summed E-state index contributed by atoms with van der Waals surface area (Å²) in [5.41, 5.74) is 0.225. The molecule has 0 heterocycles. The van der Waals surface area contributed by atoms with Gasteiger partial charge in [0.25, 0.3) is 10.0 Å². The average Bonchev–Trinajstić information content (AvgIpc) is 2.60. The quantitative estimate of drug-likeness (QED) is 0.673. The Morgan fingerprint density at radius 1 is 1.19 bits per heavy atom. The van der Waals surface area contributed by atoms with Crippen LogP contribution >= 0.6 is 15.9 Å². The number of hydrogen-bond acceptors (Lipinski definition) is 5. The minimum absolute atomic E-state index is 0.0553. The summed E-state index contributed by atoms with van der Waals surface area (Å²) < 4.78 is 37.7. The molecule has 0 aliphatic rings. The molecule has 140 valence electrons. The van der Waals surface area contributed by atoms with Gasteiger partial charge in [-0.25, -0.2) is 8.42 Å². The van der Waals surface area contributed by atoms with Crippen LogP contribution in [-0.4, -0.2) is 39.8 Å². The molecule has 0 spiro atoms. The number of ether oxygens (including phenoxy) is 2. The lowest BCUT2D eigenvalue weighted by Crippen LogP contribution is -2.35. The number of benzene rings is 2. The van der Waals surface area contributed by atoms with Crippen molar-refractivity contribution in [3.05, 3.63) is 46.9 Å². The smallest absolute Gasteiger partial charge is 0.324 e. The van der Waals surface area contributed by atoms with Crippen molar-refractivity contribution in [2.24, 2.45) is 0 Å². The summed E-state index contributed by atoms with van der Waals surface area (Å²) in [4.78, 5) is 11.2. The fourth-order valence-corrected chi connectivity index (χ4v) is 4.38. The van der Waals surface area contributed by atoms with Gasteiger partial charge in [-0.15, -0.1) is 0 Å². The molecule has 9 heteroatoms. The van der Waals surface area contributed by atoms with E-state index in [9.17, 15) is 18.3 Å². The number of carbonyl (C=O) groups is 1. The normalized spacial score (nSPS) is 11.0. The van der Waals surface area contributed by atoms with Crippen LogP contribution in [0.25, 0.3) is 0 Å². The van der Waals surface area contributed by atoms with Gasteiger partial charge in [0.1, 0.15) is 18.0 Å². The first-order chi connectivity index (χ1) is 12.3. The topological polar surface area (TPSA) is 93.1 Å². The van der Waals surface area contributed by atoms with Gasteiger partial charge in [-0.05, 0) is 65.3 Å². The van der Waals surface area contributed by atoms with E-state index < -0.39 is 22.5 Å². The number of carboxylic acid groups (broad SMARTS) is 1. The SMILES string of the molecule is CCOc1ccc(N(CC(=O)O)S(=O)(=O)c2ccc(OC)c(Br)c2)cc1. The maximum absolute atomic E-state index is 13.0. The van der Waals surface area contributed by atoms with Crippen LogP contribution in [0.15, 0.2) is 51.8 Å². The summed E-state index contributed by atoms with van der Waals surface area (Å²) in [6.45, 7) is 1.59. The molecule has 1 N–H and O–H groups in total. The van der Waals surface area contributed by atoms with Gasteiger partial charge in [-0.1, -0.05) is 0 Å². The second-order valence-electron chi connectivity index (χ2n) is 5.13. The summed E-state index contributed by atoms with van der Waals surface area (Å²) in [6.07, 6.45) is 0. The van der Waals surface area contributed by atoms with Crippen molar-refractivity contribution in [2.75, 3.05) is 24.6 Å². The molecule has 0 amide bonds. The Bertz CT molecular complexity index is 883. The highest BCUT2D eigenvalue weighted by atomic mass is 79.9. The monoisotopic (exact) mass is 443 g/mol. The van der Waals surface area contributed by atoms with E-state index in [1.807, 2.05) is 6.92 Å². The predicted molar refractivity (Wildman–Crippen MR) is 100 cm³/mol. The highest BCUT2D eigenvalue weighted by Crippen LogP contribution is 2.31. The average molecular weight is 444 g/mol. The van der Waals surface area contributed by atoms with E-state index in [1.165, 1.54) is 37.4 Å². The third kappa shape index (κ3) is 4.47. The molecule has 2 aromatic carbocycles. The van der Waals surface area contributed by atoms with Gasteiger partial charge in [0.15, 0.2) is 0 Å². The van der Waals surface area contributed by atoms with Crippen LogP contribution in [0.1, 0.15) is 6.92 Å². The highest BCUT2D eigenvalue weighted by Gasteiger charge is 2.27. The minimum atomic E-state index is -4.10. The lowest BCUT2D eigenvalue weighted by atomic mass is 10.3. The Kier molecular flexibility index (Phi) is 6.49. The number of anilines is 1. The van der Waals surface area contributed by atoms with Crippen molar-refractivity contribution in [1.29, 1.82) is 0 Å². The van der Waals surface area contributed by atoms with Gasteiger partial charge >= 0.3 is 5.97 Å². The van der Waals surface area contributed by atoms with E-state index >= 15 is 0 Å². The van der Waals surface area contributed by atoms with E-state index in [0.29, 0.717) is 22.6 Å². The summed E-state index contributed by atoms with van der Waals surface area (Å²) in [6, 6.07) is 10.4. The molecule has 2 rings (SSSR count). The van der Waals surface area contributed by atoms with Crippen LogP contribution in [0.5, 0.6) is 11.5 Å². The Labute approximate surface area is 160 Å². The van der Waals surface area contributed by atoms with Gasteiger partial charge in [-0.2, -0.15) is 0 Å². The van der Waals surface area contributed by atoms with Crippen LogP contribution in [0.3, 0.4) is 0 Å². The lowest BCUT2D eigenvalue weighted by molar-refractivity contribution is -0.135. The number of nitrogens with zero attached hydrogens (tertiary/aromatic N) is 1. The third-order valence-corrected chi connectivity index (χ3v) is 5.82. The molecule has 0 unspecified atom stereocenters. The summed E-state index contributed by atoms with van der Waals surface area (Å²) >= 11 is 3.24. The molecule has 0 aliphatic heterocycles. The van der Waals surface area contributed by atoms with Gasteiger partial charge in [0.2, 0.25) is 0 Å². The number of carboxylic acids is 1. The van der Waals surface area contributed by atoms with Crippen molar-refractivity contribution in [3.8, 4) is 11.5 Å². The second-order valence-corrected chi connectivity index (χ2v) is 7.85. The molecule has 0 fully saturated rings. The molecule has 26 heavy (non-hydrogen) atoms. The van der Waals surface area contributed by atoms with E-state index in [4.69, 9.17) is 9.47 Å². The van der Waals surface area contributed by atoms with Crippen LogP contribution in [0.2, 0.25) is 0 Å². The lowest BCUT2D eigenvalue weighted by Gasteiger charge is -2.23. The summed E-state index contributed by atoms with van der Waals surface area (Å²) in [5.74, 6) is -0.235. The maximum Gasteiger partial charge on any atom is 0.324 e. The molecular formula is C17H18BrNO6S. The van der Waals surface area contributed by atoms with Gasteiger partial charge in [0.05, 0.1) is 28.8 Å². The molecule has 7 nitrogen and oxygen atoms in total. The van der Waals surface area contributed by atoms with E-state index in [-0.39, 0.29) is 10.6 Å². The number of aliphatic carboxylic acids is 1. The first kappa shape index (κ1) is 20.1. The largest absolute Gasteiger partial charge is 0.496 e. The first-order valence-corrected chi connectivity index (χ1v) is 9.83. The Morgan fingerprint density at radius 3 is 2.35 bits per heavy atom. The van der Waals surface area contributed by atoms with Crippen LogP contribution in [-0.2, 0) is 14.8 Å². The summed E-state index contributed by atoms with van der Waals surface area (Å²) in [5, 5.41) is 9.17. The van der Waals surface area contributed by atoms with Crippen molar-refractivity contribution in [2.45, 2.75) is 11.8 Å². The first-order valence-electron chi connectivity index (χ1n) is 7.60. The molecule has 2 aromatic rings. The van der Waals surface area contributed by atoms with Crippen LogP contribution < -0.4 is 13.8 Å². The zero-order valence-corrected chi connectivity index (χ0v) is 16.6. The fourth-order valence-electron chi connectivity index (χ4n) is 2.25. The van der Waals surface area contributed by atoms with E-state index in [1.54, 1.807) is 12.1 Å². The van der Waals surface area contributed by atoms with Crippen molar-refractivity contribution in [3.63, 3.8) is 0 Å².